The standard InChI is InChI=1S/C23H17N3O2S2/c1-13-21(27)25-18-12-14(10-11-20(18)29-13)22(28)24-16-7-3-2-6-15(16)23-26-17-8-4-5-9-19(17)30-23/h2-13H,1H3,(H,24,28)(H,25,27). The predicted molar refractivity (Wildman–Crippen MR) is 123 cm³/mol. The Balaban J connectivity index is 1.45. The number of amides is 2. The van der Waals surface area contributed by atoms with Crippen molar-refractivity contribution in [2.75, 3.05) is 10.6 Å². The topological polar surface area (TPSA) is 71.1 Å². The van der Waals surface area contributed by atoms with Gasteiger partial charge in [0, 0.05) is 16.0 Å². The molecule has 3 aromatic carbocycles. The summed E-state index contributed by atoms with van der Waals surface area (Å²) in [4.78, 5) is 30.6. The molecule has 2 heterocycles. The average molecular weight is 432 g/mol. The number of nitrogens with one attached hydrogen (secondary N) is 2. The zero-order valence-corrected chi connectivity index (χ0v) is 17.6. The van der Waals surface area contributed by atoms with Crippen LogP contribution < -0.4 is 10.6 Å². The second-order valence-corrected chi connectivity index (χ2v) is 9.36. The van der Waals surface area contributed by atoms with Crippen molar-refractivity contribution in [3.8, 4) is 10.6 Å². The fourth-order valence-corrected chi connectivity index (χ4v) is 5.25. The summed E-state index contributed by atoms with van der Waals surface area (Å²) < 4.78 is 1.10. The molecular weight excluding hydrogens is 414 g/mol. The van der Waals surface area contributed by atoms with Gasteiger partial charge in [-0.3, -0.25) is 9.59 Å². The molecule has 1 unspecified atom stereocenters. The molecule has 30 heavy (non-hydrogen) atoms. The molecule has 1 aromatic heterocycles. The molecule has 0 saturated heterocycles. The Kier molecular flexibility index (Phi) is 4.77. The lowest BCUT2D eigenvalue weighted by Crippen LogP contribution is -2.26. The van der Waals surface area contributed by atoms with Crippen molar-refractivity contribution >= 4 is 56.5 Å². The summed E-state index contributed by atoms with van der Waals surface area (Å²) in [6, 6.07) is 21.0. The number of thioether (sulfide) groups is 1. The lowest BCUT2D eigenvalue weighted by atomic mass is 10.1. The van der Waals surface area contributed by atoms with Crippen molar-refractivity contribution in [3.05, 3.63) is 72.3 Å². The summed E-state index contributed by atoms with van der Waals surface area (Å²) in [7, 11) is 0. The molecule has 2 N–H and O–H groups in total. The van der Waals surface area contributed by atoms with Crippen LogP contribution in [0.25, 0.3) is 20.8 Å². The predicted octanol–water partition coefficient (Wildman–Crippen LogP) is 5.65. The highest BCUT2D eigenvalue weighted by atomic mass is 32.2. The molecule has 5 rings (SSSR count). The smallest absolute Gasteiger partial charge is 0.255 e. The van der Waals surface area contributed by atoms with Crippen molar-refractivity contribution in [3.63, 3.8) is 0 Å². The van der Waals surface area contributed by atoms with Gasteiger partial charge >= 0.3 is 0 Å². The van der Waals surface area contributed by atoms with E-state index in [1.165, 1.54) is 11.8 Å². The van der Waals surface area contributed by atoms with Crippen molar-refractivity contribution in [1.82, 2.24) is 4.98 Å². The third-order valence-corrected chi connectivity index (χ3v) is 7.12. The Labute approximate surface area is 181 Å². The number of anilines is 2. The third kappa shape index (κ3) is 3.46. The van der Waals surface area contributed by atoms with E-state index in [4.69, 9.17) is 4.98 Å². The molecule has 0 aliphatic carbocycles. The highest BCUT2D eigenvalue weighted by molar-refractivity contribution is 8.00. The van der Waals surface area contributed by atoms with Crippen LogP contribution in [0.2, 0.25) is 0 Å². The minimum Gasteiger partial charge on any atom is -0.324 e. The van der Waals surface area contributed by atoms with Gasteiger partial charge in [-0.05, 0) is 49.4 Å². The largest absolute Gasteiger partial charge is 0.324 e. The second-order valence-electron chi connectivity index (χ2n) is 6.95. The minimum atomic E-state index is -0.232. The summed E-state index contributed by atoms with van der Waals surface area (Å²) in [5.74, 6) is -0.282. The van der Waals surface area contributed by atoms with Gasteiger partial charge in [-0.25, -0.2) is 4.98 Å². The third-order valence-electron chi connectivity index (χ3n) is 4.87. The summed E-state index contributed by atoms with van der Waals surface area (Å²) in [5.41, 5.74) is 3.68. The van der Waals surface area contributed by atoms with Gasteiger partial charge in [-0.1, -0.05) is 24.3 Å². The minimum absolute atomic E-state index is 0.0498. The van der Waals surface area contributed by atoms with Gasteiger partial charge in [0.25, 0.3) is 5.91 Å². The monoisotopic (exact) mass is 431 g/mol. The Morgan fingerprint density at radius 3 is 2.73 bits per heavy atom. The number of hydrogen-bond acceptors (Lipinski definition) is 5. The van der Waals surface area contributed by atoms with Gasteiger partial charge in [0.05, 0.1) is 26.8 Å². The van der Waals surface area contributed by atoms with Crippen molar-refractivity contribution in [1.29, 1.82) is 0 Å². The molecule has 0 fully saturated rings. The van der Waals surface area contributed by atoms with Crippen LogP contribution in [0.1, 0.15) is 17.3 Å². The number of carbonyl (C=O) groups is 2. The van der Waals surface area contributed by atoms with E-state index in [1.807, 2.05) is 61.5 Å². The highest BCUT2D eigenvalue weighted by Crippen LogP contribution is 2.37. The van der Waals surface area contributed by atoms with Crippen LogP contribution in [0.5, 0.6) is 0 Å². The molecule has 0 radical (unpaired) electrons. The van der Waals surface area contributed by atoms with E-state index in [-0.39, 0.29) is 17.1 Å². The normalized spacial score (nSPS) is 15.5. The quantitative estimate of drug-likeness (QED) is 0.440. The molecule has 5 nitrogen and oxygen atoms in total. The van der Waals surface area contributed by atoms with E-state index < -0.39 is 0 Å². The summed E-state index contributed by atoms with van der Waals surface area (Å²) in [6.07, 6.45) is 0. The first-order chi connectivity index (χ1) is 14.6. The maximum absolute atomic E-state index is 13.0. The van der Waals surface area contributed by atoms with Gasteiger partial charge in [-0.15, -0.1) is 23.1 Å². The Morgan fingerprint density at radius 1 is 1.07 bits per heavy atom. The first kappa shape index (κ1) is 18.8. The molecule has 1 atom stereocenters. The molecular formula is C23H17N3O2S2. The van der Waals surface area contributed by atoms with E-state index in [0.717, 1.165) is 25.7 Å². The second kappa shape index (κ2) is 7.59. The lowest BCUT2D eigenvalue weighted by molar-refractivity contribution is -0.115. The first-order valence-electron chi connectivity index (χ1n) is 9.46. The number of fused-ring (bicyclic) bond motifs is 2. The van der Waals surface area contributed by atoms with Crippen LogP contribution in [0.4, 0.5) is 11.4 Å². The molecule has 148 valence electrons. The van der Waals surface area contributed by atoms with Crippen molar-refractivity contribution in [2.24, 2.45) is 0 Å². The van der Waals surface area contributed by atoms with Crippen molar-refractivity contribution < 1.29 is 9.59 Å². The lowest BCUT2D eigenvalue weighted by Gasteiger charge is -2.21. The Bertz CT molecular complexity index is 1270. The number of benzene rings is 3. The van der Waals surface area contributed by atoms with E-state index in [2.05, 4.69) is 10.6 Å². The number of rotatable bonds is 3. The van der Waals surface area contributed by atoms with E-state index >= 15 is 0 Å². The fourth-order valence-electron chi connectivity index (χ4n) is 3.31. The molecule has 1 aliphatic heterocycles. The number of aromatic nitrogens is 1. The zero-order chi connectivity index (χ0) is 20.7. The number of carbonyl (C=O) groups excluding carboxylic acids is 2. The molecule has 4 aromatic rings. The summed E-state index contributed by atoms with van der Waals surface area (Å²) in [5, 5.41) is 6.59. The van der Waals surface area contributed by atoms with Gasteiger partial charge < -0.3 is 10.6 Å². The van der Waals surface area contributed by atoms with Gasteiger partial charge in [0.2, 0.25) is 5.91 Å². The van der Waals surface area contributed by atoms with Crippen LogP contribution in [-0.4, -0.2) is 22.0 Å². The van der Waals surface area contributed by atoms with Gasteiger partial charge in [-0.2, -0.15) is 0 Å². The van der Waals surface area contributed by atoms with E-state index in [9.17, 15) is 9.59 Å². The first-order valence-corrected chi connectivity index (χ1v) is 11.2. The fraction of sp³-hybridized carbons (Fsp3) is 0.0870. The average Bonchev–Trinajstić information content (AvgIpc) is 3.18. The summed E-state index contributed by atoms with van der Waals surface area (Å²) in [6.45, 7) is 1.86. The molecule has 2 amide bonds. The Hall–Kier alpha value is -3.16. The number of hydrogen-bond donors (Lipinski definition) is 2. The van der Waals surface area contributed by atoms with Gasteiger partial charge in [0.15, 0.2) is 0 Å². The van der Waals surface area contributed by atoms with Crippen LogP contribution in [-0.2, 0) is 4.79 Å². The maximum Gasteiger partial charge on any atom is 0.255 e. The number of nitrogens with zero attached hydrogens (tertiary/aromatic N) is 1. The van der Waals surface area contributed by atoms with Crippen molar-refractivity contribution in [2.45, 2.75) is 17.1 Å². The molecule has 1 aliphatic rings. The Morgan fingerprint density at radius 2 is 1.87 bits per heavy atom. The molecule has 0 saturated carbocycles. The number of para-hydroxylation sites is 2. The van der Waals surface area contributed by atoms with Crippen LogP contribution in [0, 0.1) is 0 Å². The molecule has 7 heteroatoms. The van der Waals surface area contributed by atoms with Crippen LogP contribution in [0.15, 0.2) is 71.6 Å². The highest BCUT2D eigenvalue weighted by Gasteiger charge is 2.24. The molecule has 0 bridgehead atoms. The van der Waals surface area contributed by atoms with Crippen LogP contribution in [0.3, 0.4) is 0 Å². The summed E-state index contributed by atoms with van der Waals surface area (Å²) >= 11 is 3.09. The van der Waals surface area contributed by atoms with E-state index in [1.54, 1.807) is 23.5 Å². The van der Waals surface area contributed by atoms with Crippen LogP contribution >= 0.6 is 23.1 Å². The van der Waals surface area contributed by atoms with Gasteiger partial charge in [0.1, 0.15) is 5.01 Å². The molecule has 0 spiro atoms. The zero-order valence-electron chi connectivity index (χ0n) is 16.0. The van der Waals surface area contributed by atoms with E-state index in [0.29, 0.717) is 16.9 Å². The number of thiazole rings is 1. The maximum atomic E-state index is 13.0. The SMILES string of the molecule is CC1Sc2ccc(C(=O)Nc3ccccc3-c3nc4ccccc4s3)cc2NC1=O.